The SMILES string of the molecule is CCOC(=O)/C=C1/SCC(=O)N1CC(=O)c1ccc(Cl)cc1. The van der Waals surface area contributed by atoms with E-state index in [-0.39, 0.29) is 30.6 Å². The van der Waals surface area contributed by atoms with Gasteiger partial charge in [-0.2, -0.15) is 0 Å². The van der Waals surface area contributed by atoms with Gasteiger partial charge in [-0.1, -0.05) is 23.4 Å². The number of carbonyl (C=O) groups excluding carboxylic acids is 3. The third kappa shape index (κ3) is 4.11. The molecule has 0 radical (unpaired) electrons. The van der Waals surface area contributed by atoms with Gasteiger partial charge in [0.1, 0.15) is 0 Å². The highest BCUT2D eigenvalue weighted by atomic mass is 35.5. The third-order valence-corrected chi connectivity index (χ3v) is 4.18. The van der Waals surface area contributed by atoms with Crippen molar-refractivity contribution in [3.05, 3.63) is 46.0 Å². The molecule has 1 aliphatic rings. The van der Waals surface area contributed by atoms with E-state index in [1.165, 1.54) is 22.7 Å². The van der Waals surface area contributed by atoms with Crippen molar-refractivity contribution in [2.75, 3.05) is 18.9 Å². The van der Waals surface area contributed by atoms with E-state index in [9.17, 15) is 14.4 Å². The molecule has 116 valence electrons. The van der Waals surface area contributed by atoms with Gasteiger partial charge >= 0.3 is 5.97 Å². The monoisotopic (exact) mass is 339 g/mol. The van der Waals surface area contributed by atoms with Crippen molar-refractivity contribution in [3.63, 3.8) is 0 Å². The number of halogens is 1. The Bertz CT molecular complexity index is 627. The normalized spacial score (nSPS) is 16.2. The van der Waals surface area contributed by atoms with Crippen molar-refractivity contribution < 1.29 is 19.1 Å². The average Bonchev–Trinajstić information content (AvgIpc) is 2.81. The number of hydrogen-bond acceptors (Lipinski definition) is 5. The van der Waals surface area contributed by atoms with Gasteiger partial charge in [0, 0.05) is 10.6 Å². The van der Waals surface area contributed by atoms with Crippen molar-refractivity contribution in [2.24, 2.45) is 0 Å². The van der Waals surface area contributed by atoms with Crippen LogP contribution in [0.5, 0.6) is 0 Å². The van der Waals surface area contributed by atoms with Gasteiger partial charge < -0.3 is 4.74 Å². The quantitative estimate of drug-likeness (QED) is 0.468. The summed E-state index contributed by atoms with van der Waals surface area (Å²) in [5.74, 6) is -0.743. The number of nitrogens with zero attached hydrogens (tertiary/aromatic N) is 1. The lowest BCUT2D eigenvalue weighted by molar-refractivity contribution is -0.137. The van der Waals surface area contributed by atoms with Crippen LogP contribution in [0, 0.1) is 0 Å². The van der Waals surface area contributed by atoms with Gasteiger partial charge in [-0.25, -0.2) is 4.79 Å². The summed E-state index contributed by atoms with van der Waals surface area (Å²) in [6.07, 6.45) is 1.24. The molecule has 0 aromatic heterocycles. The first-order chi connectivity index (χ1) is 10.5. The molecular formula is C15H14ClNO4S. The Morgan fingerprint density at radius 2 is 2.05 bits per heavy atom. The van der Waals surface area contributed by atoms with Crippen LogP contribution in [0.4, 0.5) is 0 Å². The van der Waals surface area contributed by atoms with Gasteiger partial charge in [0.05, 0.1) is 30.0 Å². The molecule has 5 nitrogen and oxygen atoms in total. The summed E-state index contributed by atoms with van der Waals surface area (Å²) in [5, 5.41) is 0.970. The third-order valence-electron chi connectivity index (χ3n) is 2.91. The first-order valence-electron chi connectivity index (χ1n) is 6.61. The minimum absolute atomic E-state index is 0.112. The molecule has 0 unspecified atom stereocenters. The number of rotatable bonds is 5. The maximum Gasteiger partial charge on any atom is 0.333 e. The highest BCUT2D eigenvalue weighted by Crippen LogP contribution is 2.29. The zero-order chi connectivity index (χ0) is 16.1. The number of Topliss-reactive ketones (excluding diaryl/α,β-unsaturated/α-hetero) is 1. The molecule has 0 bridgehead atoms. The molecular weight excluding hydrogens is 326 g/mol. The number of benzene rings is 1. The molecule has 0 saturated carbocycles. The van der Waals surface area contributed by atoms with E-state index in [0.29, 0.717) is 15.6 Å². The maximum absolute atomic E-state index is 12.2. The number of hydrogen-bond donors (Lipinski definition) is 0. The van der Waals surface area contributed by atoms with Crippen molar-refractivity contribution in [2.45, 2.75) is 6.92 Å². The predicted molar refractivity (Wildman–Crippen MR) is 84.7 cm³/mol. The van der Waals surface area contributed by atoms with E-state index in [0.717, 1.165) is 0 Å². The summed E-state index contributed by atoms with van der Waals surface area (Å²) in [6, 6.07) is 6.44. The average molecular weight is 340 g/mol. The first-order valence-corrected chi connectivity index (χ1v) is 7.98. The molecule has 1 heterocycles. The summed E-state index contributed by atoms with van der Waals surface area (Å²) in [6.45, 7) is 1.84. The highest BCUT2D eigenvalue weighted by Gasteiger charge is 2.29. The number of ketones is 1. The van der Waals surface area contributed by atoms with Crippen LogP contribution in [-0.2, 0) is 14.3 Å². The van der Waals surface area contributed by atoms with Gasteiger partial charge in [-0.3, -0.25) is 14.5 Å². The molecule has 0 atom stereocenters. The van der Waals surface area contributed by atoms with Crippen LogP contribution in [-0.4, -0.2) is 41.5 Å². The molecule has 0 aliphatic carbocycles. The van der Waals surface area contributed by atoms with Crippen LogP contribution in [0.3, 0.4) is 0 Å². The summed E-state index contributed by atoms with van der Waals surface area (Å²) in [5.41, 5.74) is 0.463. The number of esters is 1. The van der Waals surface area contributed by atoms with E-state index >= 15 is 0 Å². The Morgan fingerprint density at radius 3 is 2.68 bits per heavy atom. The first kappa shape index (κ1) is 16.6. The van der Waals surface area contributed by atoms with E-state index < -0.39 is 5.97 Å². The summed E-state index contributed by atoms with van der Waals surface area (Å²) >= 11 is 7.00. The van der Waals surface area contributed by atoms with E-state index in [1.807, 2.05) is 0 Å². The zero-order valence-electron chi connectivity index (χ0n) is 11.9. The minimum atomic E-state index is -0.524. The van der Waals surface area contributed by atoms with Crippen LogP contribution in [0.15, 0.2) is 35.4 Å². The standard InChI is InChI=1S/C15H14ClNO4S/c1-2-21-15(20)7-14-17(13(19)9-22-14)8-12(18)10-3-5-11(16)6-4-10/h3-7H,2,8-9H2,1H3/b14-7+. The predicted octanol–water partition coefficient (Wildman–Crippen LogP) is 2.50. The number of thioether (sulfide) groups is 1. The van der Waals surface area contributed by atoms with Gasteiger partial charge in [0.2, 0.25) is 5.91 Å². The molecule has 1 aliphatic heterocycles. The Kier molecular flexibility index (Phi) is 5.63. The fourth-order valence-corrected chi connectivity index (χ4v) is 2.91. The number of carbonyl (C=O) groups is 3. The summed E-state index contributed by atoms with van der Waals surface area (Å²) in [7, 11) is 0. The van der Waals surface area contributed by atoms with Crippen LogP contribution in [0.1, 0.15) is 17.3 Å². The van der Waals surface area contributed by atoms with Crippen LogP contribution >= 0.6 is 23.4 Å². The molecule has 0 spiro atoms. The summed E-state index contributed by atoms with van der Waals surface area (Å²) < 4.78 is 4.82. The molecule has 1 aromatic carbocycles. The van der Waals surface area contributed by atoms with Gasteiger partial charge in [0.25, 0.3) is 0 Å². The molecule has 0 N–H and O–H groups in total. The van der Waals surface area contributed by atoms with Gasteiger partial charge in [-0.05, 0) is 31.2 Å². The fraction of sp³-hybridized carbons (Fsp3) is 0.267. The van der Waals surface area contributed by atoms with Crippen molar-refractivity contribution in [1.82, 2.24) is 4.90 Å². The Balaban J connectivity index is 2.11. The van der Waals surface area contributed by atoms with E-state index in [2.05, 4.69) is 0 Å². The lowest BCUT2D eigenvalue weighted by atomic mass is 10.1. The van der Waals surface area contributed by atoms with E-state index in [1.54, 1.807) is 31.2 Å². The Hall–Kier alpha value is -1.79. The molecule has 2 rings (SSSR count). The van der Waals surface area contributed by atoms with Gasteiger partial charge in [-0.15, -0.1) is 0 Å². The molecule has 1 amide bonds. The summed E-state index contributed by atoms with van der Waals surface area (Å²) in [4.78, 5) is 36.9. The van der Waals surface area contributed by atoms with E-state index in [4.69, 9.17) is 16.3 Å². The largest absolute Gasteiger partial charge is 0.463 e. The molecule has 22 heavy (non-hydrogen) atoms. The van der Waals surface area contributed by atoms with Crippen LogP contribution in [0.2, 0.25) is 5.02 Å². The maximum atomic E-state index is 12.2. The minimum Gasteiger partial charge on any atom is -0.463 e. The molecule has 1 saturated heterocycles. The smallest absolute Gasteiger partial charge is 0.333 e. The molecule has 7 heteroatoms. The van der Waals surface area contributed by atoms with Crippen LogP contribution in [0.25, 0.3) is 0 Å². The number of amides is 1. The van der Waals surface area contributed by atoms with Crippen molar-refractivity contribution in [1.29, 1.82) is 0 Å². The Labute approximate surface area is 137 Å². The Morgan fingerprint density at radius 1 is 1.36 bits per heavy atom. The lowest BCUT2D eigenvalue weighted by Gasteiger charge is -2.16. The molecule has 1 fully saturated rings. The fourth-order valence-electron chi connectivity index (χ4n) is 1.86. The zero-order valence-corrected chi connectivity index (χ0v) is 13.4. The second-order valence-electron chi connectivity index (χ2n) is 4.43. The lowest BCUT2D eigenvalue weighted by Crippen LogP contribution is -2.31. The highest BCUT2D eigenvalue weighted by molar-refractivity contribution is 8.04. The topological polar surface area (TPSA) is 63.7 Å². The molecule has 1 aromatic rings. The van der Waals surface area contributed by atoms with Crippen LogP contribution < -0.4 is 0 Å². The van der Waals surface area contributed by atoms with Crippen molar-refractivity contribution in [3.8, 4) is 0 Å². The second kappa shape index (κ2) is 7.47. The second-order valence-corrected chi connectivity index (χ2v) is 5.87. The van der Waals surface area contributed by atoms with Crippen molar-refractivity contribution >= 4 is 41.0 Å². The van der Waals surface area contributed by atoms with Gasteiger partial charge in [0.15, 0.2) is 5.78 Å². The number of ether oxygens (including phenoxy) is 1.